The van der Waals surface area contributed by atoms with Gasteiger partial charge in [-0.2, -0.15) is 0 Å². The van der Waals surface area contributed by atoms with E-state index in [1.54, 1.807) is 0 Å². The van der Waals surface area contributed by atoms with Gasteiger partial charge in [0.05, 0.1) is 12.3 Å². The molecule has 0 fully saturated rings. The topological polar surface area (TPSA) is 33.1 Å². The summed E-state index contributed by atoms with van der Waals surface area (Å²) in [6.07, 6.45) is 0. The van der Waals surface area contributed by atoms with Crippen LogP contribution in [0.3, 0.4) is 0 Å². The number of hydrogen-bond donors (Lipinski definition) is 1. The molecule has 0 spiro atoms. The predicted octanol–water partition coefficient (Wildman–Crippen LogP) is 3.06. The van der Waals surface area contributed by atoms with Gasteiger partial charge in [-0.3, -0.25) is 0 Å². The molecule has 0 unspecified atom stereocenters. The highest BCUT2D eigenvalue weighted by molar-refractivity contribution is 9.10. The third-order valence-electron chi connectivity index (χ3n) is 1.81. The first-order chi connectivity index (χ1) is 6.79. The average Bonchev–Trinajstić information content (AvgIpc) is 2.66. The van der Waals surface area contributed by atoms with Crippen LogP contribution in [0.25, 0.3) is 11.3 Å². The Morgan fingerprint density at radius 1 is 1.43 bits per heavy atom. The first-order valence-electron chi connectivity index (χ1n) is 4.11. The molecule has 2 aromatic rings. The molecule has 1 N–H and O–H groups in total. The van der Waals surface area contributed by atoms with E-state index >= 15 is 0 Å². The summed E-state index contributed by atoms with van der Waals surface area (Å²) in [5.41, 5.74) is 1.98. The maximum atomic E-state index is 8.89. The molecule has 4 heteroatoms. The largest absolute Gasteiger partial charge is 0.389 e. The molecule has 2 rings (SSSR count). The summed E-state index contributed by atoms with van der Waals surface area (Å²) in [4.78, 5) is 4.29. The monoisotopic (exact) mass is 269 g/mol. The van der Waals surface area contributed by atoms with Gasteiger partial charge in [0.2, 0.25) is 0 Å². The molecular formula is C10H8BrNOS. The predicted molar refractivity (Wildman–Crippen MR) is 61.2 cm³/mol. The van der Waals surface area contributed by atoms with Crippen LogP contribution in [0, 0.1) is 0 Å². The van der Waals surface area contributed by atoms with Crippen LogP contribution in [0.15, 0.2) is 34.1 Å². The minimum Gasteiger partial charge on any atom is -0.389 e. The number of hydrogen-bond acceptors (Lipinski definition) is 3. The van der Waals surface area contributed by atoms with Crippen molar-refractivity contribution in [2.75, 3.05) is 0 Å². The number of benzene rings is 1. The Bertz CT molecular complexity index is 441. The van der Waals surface area contributed by atoms with Crippen molar-refractivity contribution in [1.82, 2.24) is 4.98 Å². The lowest BCUT2D eigenvalue weighted by Gasteiger charge is -1.96. The Morgan fingerprint density at radius 3 is 2.93 bits per heavy atom. The van der Waals surface area contributed by atoms with Crippen LogP contribution in [-0.2, 0) is 6.61 Å². The van der Waals surface area contributed by atoms with Gasteiger partial charge in [-0.25, -0.2) is 4.98 Å². The Labute approximate surface area is 94.4 Å². The maximum absolute atomic E-state index is 8.89. The number of halogens is 1. The van der Waals surface area contributed by atoms with Crippen molar-refractivity contribution < 1.29 is 5.11 Å². The summed E-state index contributed by atoms with van der Waals surface area (Å²) in [7, 11) is 0. The molecule has 0 aliphatic carbocycles. The second-order valence-corrected chi connectivity index (χ2v) is 4.65. The molecule has 0 amide bonds. The molecule has 0 bridgehead atoms. The van der Waals surface area contributed by atoms with Crippen molar-refractivity contribution in [2.24, 2.45) is 0 Å². The fourth-order valence-corrected chi connectivity index (χ4v) is 2.23. The smallest absolute Gasteiger partial charge is 0.119 e. The quantitative estimate of drug-likeness (QED) is 0.909. The first-order valence-corrected chi connectivity index (χ1v) is 5.78. The van der Waals surface area contributed by atoms with E-state index in [0.717, 1.165) is 20.7 Å². The minimum absolute atomic E-state index is 0.0126. The van der Waals surface area contributed by atoms with E-state index in [1.165, 1.54) is 11.3 Å². The average molecular weight is 270 g/mol. The van der Waals surface area contributed by atoms with Crippen molar-refractivity contribution >= 4 is 27.3 Å². The van der Waals surface area contributed by atoms with Crippen molar-refractivity contribution in [2.45, 2.75) is 6.61 Å². The van der Waals surface area contributed by atoms with E-state index < -0.39 is 0 Å². The van der Waals surface area contributed by atoms with Gasteiger partial charge in [0.1, 0.15) is 5.01 Å². The summed E-state index contributed by atoms with van der Waals surface area (Å²) in [6, 6.07) is 7.96. The van der Waals surface area contributed by atoms with Gasteiger partial charge < -0.3 is 5.11 Å². The molecule has 1 aromatic heterocycles. The number of aliphatic hydroxyl groups is 1. The third kappa shape index (κ3) is 2.03. The maximum Gasteiger partial charge on any atom is 0.119 e. The third-order valence-corrected chi connectivity index (χ3v) is 3.13. The van der Waals surface area contributed by atoms with E-state index in [4.69, 9.17) is 5.11 Å². The Kier molecular flexibility index (Phi) is 2.96. The molecule has 72 valence electrons. The van der Waals surface area contributed by atoms with E-state index in [1.807, 2.05) is 29.6 Å². The van der Waals surface area contributed by atoms with Crippen LogP contribution >= 0.6 is 27.3 Å². The fourth-order valence-electron chi connectivity index (χ4n) is 1.16. The van der Waals surface area contributed by atoms with Gasteiger partial charge in [0.15, 0.2) is 0 Å². The van der Waals surface area contributed by atoms with E-state index in [9.17, 15) is 0 Å². The van der Waals surface area contributed by atoms with E-state index in [2.05, 4.69) is 20.9 Å². The van der Waals surface area contributed by atoms with Crippen LogP contribution in [0.2, 0.25) is 0 Å². The van der Waals surface area contributed by atoms with Crippen molar-refractivity contribution in [1.29, 1.82) is 0 Å². The lowest BCUT2D eigenvalue weighted by atomic mass is 10.2. The molecule has 0 radical (unpaired) electrons. The van der Waals surface area contributed by atoms with Gasteiger partial charge >= 0.3 is 0 Å². The second kappa shape index (κ2) is 4.21. The number of aliphatic hydroxyl groups excluding tert-OH is 1. The molecule has 0 aliphatic rings. The molecule has 0 saturated carbocycles. The number of aromatic nitrogens is 1. The highest BCUT2D eigenvalue weighted by atomic mass is 79.9. The zero-order valence-electron chi connectivity index (χ0n) is 7.27. The van der Waals surface area contributed by atoms with E-state index in [-0.39, 0.29) is 6.61 Å². The normalized spacial score (nSPS) is 10.4. The summed E-state index contributed by atoms with van der Waals surface area (Å²) in [5, 5.41) is 11.6. The summed E-state index contributed by atoms with van der Waals surface area (Å²) < 4.78 is 1.04. The summed E-state index contributed by atoms with van der Waals surface area (Å²) in [5.74, 6) is 0. The fraction of sp³-hybridized carbons (Fsp3) is 0.100. The van der Waals surface area contributed by atoms with Crippen LogP contribution in [0.5, 0.6) is 0 Å². The molecule has 14 heavy (non-hydrogen) atoms. The number of nitrogens with zero attached hydrogens (tertiary/aromatic N) is 1. The van der Waals surface area contributed by atoms with Crippen LogP contribution in [-0.4, -0.2) is 10.1 Å². The minimum atomic E-state index is 0.0126. The van der Waals surface area contributed by atoms with Crippen molar-refractivity contribution in [3.8, 4) is 11.3 Å². The molecule has 2 nitrogen and oxygen atoms in total. The number of rotatable bonds is 2. The summed E-state index contributed by atoms with van der Waals surface area (Å²) in [6.45, 7) is 0.0126. The van der Waals surface area contributed by atoms with Crippen LogP contribution in [0.4, 0.5) is 0 Å². The van der Waals surface area contributed by atoms with Gasteiger partial charge in [0, 0.05) is 15.4 Å². The van der Waals surface area contributed by atoms with Crippen molar-refractivity contribution in [3.05, 3.63) is 39.1 Å². The van der Waals surface area contributed by atoms with Gasteiger partial charge in [0.25, 0.3) is 0 Å². The molecular weight excluding hydrogens is 262 g/mol. The Hall–Kier alpha value is -0.710. The van der Waals surface area contributed by atoms with Gasteiger partial charge in [-0.15, -0.1) is 11.3 Å². The SMILES string of the molecule is OCc1nc(-c2cccc(Br)c2)cs1. The molecule has 0 saturated heterocycles. The zero-order valence-corrected chi connectivity index (χ0v) is 9.68. The molecule has 1 aromatic carbocycles. The van der Waals surface area contributed by atoms with Crippen LogP contribution in [0.1, 0.15) is 5.01 Å². The lowest BCUT2D eigenvalue weighted by Crippen LogP contribution is -1.81. The summed E-state index contributed by atoms with van der Waals surface area (Å²) >= 11 is 4.88. The first kappa shape index (κ1) is 9.83. The second-order valence-electron chi connectivity index (χ2n) is 2.79. The standard InChI is InChI=1S/C10H8BrNOS/c11-8-3-1-2-7(4-8)9-6-14-10(5-13)12-9/h1-4,6,13H,5H2. The molecule has 0 aliphatic heterocycles. The highest BCUT2D eigenvalue weighted by Gasteiger charge is 2.03. The van der Waals surface area contributed by atoms with Gasteiger partial charge in [-0.1, -0.05) is 28.1 Å². The van der Waals surface area contributed by atoms with E-state index in [0.29, 0.717) is 0 Å². The zero-order chi connectivity index (χ0) is 9.97. The molecule has 1 heterocycles. The lowest BCUT2D eigenvalue weighted by molar-refractivity contribution is 0.281. The Balaban J connectivity index is 2.39. The van der Waals surface area contributed by atoms with Gasteiger partial charge in [-0.05, 0) is 12.1 Å². The highest BCUT2D eigenvalue weighted by Crippen LogP contribution is 2.24. The van der Waals surface area contributed by atoms with Crippen LogP contribution < -0.4 is 0 Å². The Morgan fingerprint density at radius 2 is 2.29 bits per heavy atom. The number of thiazole rings is 1. The molecule has 0 atom stereocenters. The van der Waals surface area contributed by atoms with Crippen molar-refractivity contribution in [3.63, 3.8) is 0 Å².